The first kappa shape index (κ1) is 10.4. The van der Waals surface area contributed by atoms with Crippen molar-refractivity contribution in [1.82, 2.24) is 14.5 Å². The summed E-state index contributed by atoms with van der Waals surface area (Å²) in [6, 6.07) is 5.73. The van der Waals surface area contributed by atoms with Gasteiger partial charge in [0.05, 0.1) is 11.4 Å². The number of hydrogen-bond acceptors (Lipinski definition) is 4. The van der Waals surface area contributed by atoms with Crippen LogP contribution in [-0.2, 0) is 7.05 Å². The molecular weight excluding hydrogens is 202 g/mol. The zero-order chi connectivity index (χ0) is 11.4. The van der Waals surface area contributed by atoms with Crippen LogP contribution < -0.4 is 5.43 Å². The van der Waals surface area contributed by atoms with Gasteiger partial charge in [-0.05, 0) is 19.1 Å². The van der Waals surface area contributed by atoms with Gasteiger partial charge in [0.2, 0.25) is 5.95 Å². The van der Waals surface area contributed by atoms with E-state index in [-0.39, 0.29) is 0 Å². The molecule has 0 saturated carbocycles. The number of aryl methyl sites for hydroxylation is 1. The van der Waals surface area contributed by atoms with Gasteiger partial charge < -0.3 is 4.57 Å². The van der Waals surface area contributed by atoms with E-state index in [4.69, 9.17) is 0 Å². The monoisotopic (exact) mass is 215 g/mol. The summed E-state index contributed by atoms with van der Waals surface area (Å²) in [5.74, 6) is 0.704. The van der Waals surface area contributed by atoms with Gasteiger partial charge in [0.15, 0.2) is 0 Å². The highest BCUT2D eigenvalue weighted by atomic mass is 15.4. The molecule has 0 aliphatic carbocycles. The van der Waals surface area contributed by atoms with Crippen LogP contribution in [0.5, 0.6) is 0 Å². The smallest absolute Gasteiger partial charge is 0.223 e. The lowest BCUT2D eigenvalue weighted by molar-refractivity contribution is 0.911. The number of nitrogens with one attached hydrogen (secondary N) is 1. The van der Waals surface area contributed by atoms with E-state index >= 15 is 0 Å². The third-order valence-electron chi connectivity index (χ3n) is 2.18. The van der Waals surface area contributed by atoms with Crippen LogP contribution in [0.1, 0.15) is 12.6 Å². The molecule has 5 heteroatoms. The molecule has 82 valence electrons. The van der Waals surface area contributed by atoms with Crippen molar-refractivity contribution in [3.63, 3.8) is 0 Å². The van der Waals surface area contributed by atoms with Gasteiger partial charge in [-0.25, -0.2) is 10.4 Å². The zero-order valence-corrected chi connectivity index (χ0v) is 9.25. The van der Waals surface area contributed by atoms with E-state index in [9.17, 15) is 0 Å². The fourth-order valence-electron chi connectivity index (χ4n) is 1.24. The summed E-state index contributed by atoms with van der Waals surface area (Å²) in [7, 11) is 1.90. The minimum Gasteiger partial charge on any atom is -0.319 e. The Morgan fingerprint density at radius 1 is 1.31 bits per heavy atom. The van der Waals surface area contributed by atoms with Crippen molar-refractivity contribution in [3.05, 3.63) is 42.5 Å². The molecule has 2 aromatic heterocycles. The Hall–Kier alpha value is -2.17. The second-order valence-corrected chi connectivity index (χ2v) is 3.39. The standard InChI is InChI=1S/C11H13N5/c1-9(10-5-3-4-6-12-10)14-15-11-13-7-8-16(11)2/h3-8H,1-2H3,(H,13,15)/b14-9+. The fourth-order valence-corrected chi connectivity index (χ4v) is 1.24. The summed E-state index contributed by atoms with van der Waals surface area (Å²) < 4.78 is 1.86. The normalized spacial score (nSPS) is 11.5. The third kappa shape index (κ3) is 2.25. The van der Waals surface area contributed by atoms with E-state index in [0.29, 0.717) is 5.95 Å². The molecule has 0 unspecified atom stereocenters. The number of pyridine rings is 1. The summed E-state index contributed by atoms with van der Waals surface area (Å²) in [6.45, 7) is 1.90. The highest BCUT2D eigenvalue weighted by Gasteiger charge is 1.99. The molecule has 0 spiro atoms. The van der Waals surface area contributed by atoms with Crippen LogP contribution in [0.2, 0.25) is 0 Å². The number of aromatic nitrogens is 3. The van der Waals surface area contributed by atoms with Gasteiger partial charge >= 0.3 is 0 Å². The maximum atomic E-state index is 4.22. The number of imidazole rings is 1. The number of anilines is 1. The maximum absolute atomic E-state index is 4.22. The van der Waals surface area contributed by atoms with E-state index in [0.717, 1.165) is 11.4 Å². The van der Waals surface area contributed by atoms with Gasteiger partial charge in [-0.2, -0.15) is 5.10 Å². The Kier molecular flexibility index (Phi) is 2.95. The fraction of sp³-hybridized carbons (Fsp3) is 0.182. The largest absolute Gasteiger partial charge is 0.319 e. The molecule has 0 saturated heterocycles. The highest BCUT2D eigenvalue weighted by molar-refractivity contribution is 5.97. The average Bonchev–Trinajstić information content (AvgIpc) is 2.73. The molecule has 2 heterocycles. The van der Waals surface area contributed by atoms with Gasteiger partial charge in [-0.1, -0.05) is 6.07 Å². The van der Waals surface area contributed by atoms with E-state index in [2.05, 4.69) is 20.5 Å². The van der Waals surface area contributed by atoms with Crippen LogP contribution in [0.4, 0.5) is 5.95 Å². The Labute approximate surface area is 93.9 Å². The van der Waals surface area contributed by atoms with Crippen molar-refractivity contribution in [1.29, 1.82) is 0 Å². The molecule has 2 aromatic rings. The first-order chi connectivity index (χ1) is 7.77. The Morgan fingerprint density at radius 2 is 2.19 bits per heavy atom. The molecule has 0 aliphatic rings. The van der Waals surface area contributed by atoms with Crippen molar-refractivity contribution in [2.24, 2.45) is 12.1 Å². The minimum absolute atomic E-state index is 0.704. The molecular formula is C11H13N5. The first-order valence-corrected chi connectivity index (χ1v) is 4.96. The Balaban J connectivity index is 2.12. The predicted octanol–water partition coefficient (Wildman–Crippen LogP) is 1.65. The van der Waals surface area contributed by atoms with Gasteiger partial charge in [0.25, 0.3) is 0 Å². The number of hydrogen-bond donors (Lipinski definition) is 1. The first-order valence-electron chi connectivity index (χ1n) is 4.96. The Bertz CT molecular complexity index is 486. The number of nitrogens with zero attached hydrogens (tertiary/aromatic N) is 4. The van der Waals surface area contributed by atoms with E-state index in [1.54, 1.807) is 12.4 Å². The zero-order valence-electron chi connectivity index (χ0n) is 9.25. The molecule has 0 aliphatic heterocycles. The molecule has 0 bridgehead atoms. The summed E-state index contributed by atoms with van der Waals surface area (Å²) in [5, 5.41) is 4.22. The SMILES string of the molecule is C/C(=N\Nc1nccn1C)c1ccccn1. The van der Waals surface area contributed by atoms with Crippen molar-refractivity contribution < 1.29 is 0 Å². The topological polar surface area (TPSA) is 55.1 Å². The second-order valence-electron chi connectivity index (χ2n) is 3.39. The number of hydrazone groups is 1. The maximum Gasteiger partial charge on any atom is 0.223 e. The van der Waals surface area contributed by atoms with Crippen LogP contribution in [0.25, 0.3) is 0 Å². The van der Waals surface area contributed by atoms with Crippen molar-refractivity contribution in [3.8, 4) is 0 Å². The molecule has 16 heavy (non-hydrogen) atoms. The van der Waals surface area contributed by atoms with Crippen molar-refractivity contribution in [2.45, 2.75) is 6.92 Å². The van der Waals surface area contributed by atoms with Crippen LogP contribution in [0, 0.1) is 0 Å². The molecule has 0 fully saturated rings. The summed E-state index contributed by atoms with van der Waals surface area (Å²) in [4.78, 5) is 8.31. The summed E-state index contributed by atoms with van der Waals surface area (Å²) in [5.41, 5.74) is 4.56. The molecule has 1 N–H and O–H groups in total. The lowest BCUT2D eigenvalue weighted by Crippen LogP contribution is -2.04. The van der Waals surface area contributed by atoms with Gasteiger partial charge in [-0.15, -0.1) is 0 Å². The predicted molar refractivity (Wildman–Crippen MR) is 63.3 cm³/mol. The van der Waals surface area contributed by atoms with Crippen LogP contribution in [0.3, 0.4) is 0 Å². The second kappa shape index (κ2) is 4.57. The Morgan fingerprint density at radius 3 is 2.81 bits per heavy atom. The van der Waals surface area contributed by atoms with E-state index < -0.39 is 0 Å². The molecule has 0 atom stereocenters. The highest BCUT2D eigenvalue weighted by Crippen LogP contribution is 2.02. The van der Waals surface area contributed by atoms with E-state index in [1.165, 1.54) is 0 Å². The van der Waals surface area contributed by atoms with Crippen LogP contribution >= 0.6 is 0 Å². The van der Waals surface area contributed by atoms with Crippen molar-refractivity contribution in [2.75, 3.05) is 5.43 Å². The lowest BCUT2D eigenvalue weighted by Gasteiger charge is -2.02. The molecule has 5 nitrogen and oxygen atoms in total. The minimum atomic E-state index is 0.704. The third-order valence-corrected chi connectivity index (χ3v) is 2.18. The van der Waals surface area contributed by atoms with Gasteiger partial charge in [0, 0.05) is 25.6 Å². The molecule has 0 radical (unpaired) electrons. The molecule has 2 rings (SSSR count). The average molecular weight is 215 g/mol. The van der Waals surface area contributed by atoms with Crippen LogP contribution in [-0.4, -0.2) is 20.2 Å². The van der Waals surface area contributed by atoms with Crippen molar-refractivity contribution >= 4 is 11.7 Å². The molecule has 0 aromatic carbocycles. The van der Waals surface area contributed by atoms with Gasteiger partial charge in [-0.3, -0.25) is 4.98 Å². The van der Waals surface area contributed by atoms with Gasteiger partial charge in [0.1, 0.15) is 0 Å². The summed E-state index contributed by atoms with van der Waals surface area (Å²) >= 11 is 0. The van der Waals surface area contributed by atoms with Crippen LogP contribution in [0.15, 0.2) is 41.9 Å². The number of rotatable bonds is 3. The quantitative estimate of drug-likeness (QED) is 0.625. The molecule has 0 amide bonds. The lowest BCUT2D eigenvalue weighted by atomic mass is 10.3. The van der Waals surface area contributed by atoms with E-state index in [1.807, 2.05) is 42.9 Å². The summed E-state index contributed by atoms with van der Waals surface area (Å²) in [6.07, 6.45) is 5.32.